The van der Waals surface area contributed by atoms with Crippen LogP contribution in [0.2, 0.25) is 0 Å². The van der Waals surface area contributed by atoms with E-state index in [-0.39, 0.29) is 0 Å². The van der Waals surface area contributed by atoms with Crippen LogP contribution in [0.5, 0.6) is 0 Å². The molecule has 1 saturated carbocycles. The molecule has 3 atom stereocenters. The Balaban J connectivity index is 2.00. The molecule has 0 aromatic rings. The molecule has 3 aliphatic rings. The highest BCUT2D eigenvalue weighted by Gasteiger charge is 2.42. The summed E-state index contributed by atoms with van der Waals surface area (Å²) in [6.07, 6.45) is 42.7. The van der Waals surface area contributed by atoms with Crippen molar-refractivity contribution in [3.8, 4) is 0 Å². The van der Waals surface area contributed by atoms with E-state index in [9.17, 15) is 0 Å². The maximum absolute atomic E-state index is 5.52. The van der Waals surface area contributed by atoms with Gasteiger partial charge in [0, 0.05) is 12.0 Å². The van der Waals surface area contributed by atoms with Gasteiger partial charge in [-0.25, -0.2) is 0 Å². The highest BCUT2D eigenvalue weighted by molar-refractivity contribution is 6.05. The third-order valence-electron chi connectivity index (χ3n) is 7.61. The summed E-state index contributed by atoms with van der Waals surface area (Å²) in [5.41, 5.74) is 2.54. The number of hydrogen-bond acceptors (Lipinski definition) is 2. The molecule has 0 bridgehead atoms. The fourth-order valence-corrected chi connectivity index (χ4v) is 5.90. The van der Waals surface area contributed by atoms with Gasteiger partial charge in [-0.1, -0.05) is 144 Å². The van der Waals surface area contributed by atoms with Crippen molar-refractivity contribution in [2.45, 2.75) is 103 Å². The first-order chi connectivity index (χ1) is 17.3. The number of allylic oxidation sites excluding steroid dienone is 13. The Morgan fingerprint density at radius 1 is 0.857 bits per heavy atom. The zero-order valence-corrected chi connectivity index (χ0v) is 22.5. The van der Waals surface area contributed by atoms with Gasteiger partial charge in [0.15, 0.2) is 0 Å². The first-order valence-corrected chi connectivity index (χ1v) is 14.3. The Hall–Kier alpha value is -2.35. The summed E-state index contributed by atoms with van der Waals surface area (Å²) in [5.74, 6) is 0.936. The van der Waals surface area contributed by atoms with Crippen molar-refractivity contribution in [1.29, 1.82) is 0 Å². The van der Waals surface area contributed by atoms with Gasteiger partial charge in [-0.15, -0.1) is 0 Å². The van der Waals surface area contributed by atoms with E-state index >= 15 is 0 Å². The maximum atomic E-state index is 5.52. The van der Waals surface area contributed by atoms with Crippen LogP contribution in [-0.4, -0.2) is 22.8 Å². The summed E-state index contributed by atoms with van der Waals surface area (Å²) in [5, 5.41) is 8.11. The van der Waals surface area contributed by atoms with Gasteiger partial charge in [0.05, 0.1) is 11.8 Å². The lowest BCUT2D eigenvalue weighted by Crippen LogP contribution is -2.43. The Kier molecular flexibility index (Phi) is 12.1. The molecular formula is C33H48N2. The highest BCUT2D eigenvalue weighted by atomic mass is 15.5. The SMILES string of the molecule is C/C=C\C(C)C1C(CCC)C(C2=C\C=C/C=C\C=C/C=C\C=C2)=NN1C1CCCCCCCCC1. The van der Waals surface area contributed by atoms with Crippen molar-refractivity contribution >= 4 is 5.71 Å². The molecular weight excluding hydrogens is 424 g/mol. The lowest BCUT2D eigenvalue weighted by atomic mass is 9.80. The van der Waals surface area contributed by atoms with Crippen molar-refractivity contribution in [1.82, 2.24) is 5.01 Å². The van der Waals surface area contributed by atoms with Crippen LogP contribution in [0.1, 0.15) is 91.4 Å². The average Bonchev–Trinajstić information content (AvgIpc) is 3.22. The lowest BCUT2D eigenvalue weighted by molar-refractivity contribution is 0.0935. The second-order valence-corrected chi connectivity index (χ2v) is 10.4. The predicted octanol–water partition coefficient (Wildman–Crippen LogP) is 9.27. The molecule has 35 heavy (non-hydrogen) atoms. The van der Waals surface area contributed by atoms with Crippen molar-refractivity contribution in [2.75, 3.05) is 0 Å². The minimum atomic E-state index is 0.437. The third kappa shape index (κ3) is 8.37. The standard InChI is InChI=1S/C33H48N2/c1-4-22-28(3)33-31(23-5-2)32(29-24-18-14-10-7-6-8-11-15-19-25-29)34-35(33)30-26-20-16-12-9-13-17-21-27-30/h4,6-8,10-11,14-15,18-19,22,24-25,28,30-31,33H,5,9,12-13,16-17,20-21,23,26-27H2,1-3H3/b7-6-,8-6?,10-7?,11-8-,14-10-,15-11?,18-14?,19-15-,22-4-,24-18?,25-19?,29-24?,29-25?. The molecule has 0 aromatic carbocycles. The highest BCUT2D eigenvalue weighted by Crippen LogP contribution is 2.38. The van der Waals surface area contributed by atoms with Gasteiger partial charge < -0.3 is 0 Å². The average molecular weight is 473 g/mol. The Labute approximate surface area is 215 Å². The molecule has 0 radical (unpaired) electrons. The molecule has 1 fully saturated rings. The second-order valence-electron chi connectivity index (χ2n) is 10.4. The summed E-state index contributed by atoms with van der Waals surface area (Å²) in [6, 6.07) is 0.995. The first-order valence-electron chi connectivity index (χ1n) is 14.3. The minimum absolute atomic E-state index is 0.437. The van der Waals surface area contributed by atoms with E-state index in [1.165, 1.54) is 81.9 Å². The fraction of sp³-hybridized carbons (Fsp3) is 0.545. The van der Waals surface area contributed by atoms with Crippen LogP contribution < -0.4 is 0 Å². The van der Waals surface area contributed by atoms with Crippen LogP contribution >= 0.6 is 0 Å². The molecule has 0 amide bonds. The van der Waals surface area contributed by atoms with E-state index in [0.29, 0.717) is 23.9 Å². The largest absolute Gasteiger partial charge is 0.289 e. The van der Waals surface area contributed by atoms with Gasteiger partial charge in [-0.05, 0) is 37.7 Å². The molecule has 0 aromatic heterocycles. The molecule has 3 unspecified atom stereocenters. The van der Waals surface area contributed by atoms with Crippen LogP contribution in [-0.2, 0) is 0 Å². The number of hydrogen-bond donors (Lipinski definition) is 0. The van der Waals surface area contributed by atoms with E-state index in [4.69, 9.17) is 5.10 Å². The van der Waals surface area contributed by atoms with Gasteiger partial charge >= 0.3 is 0 Å². The minimum Gasteiger partial charge on any atom is -0.289 e. The molecule has 2 nitrogen and oxygen atoms in total. The van der Waals surface area contributed by atoms with Gasteiger partial charge in [0.1, 0.15) is 0 Å². The van der Waals surface area contributed by atoms with Crippen LogP contribution in [0.3, 0.4) is 0 Å². The van der Waals surface area contributed by atoms with Crippen LogP contribution in [0.15, 0.2) is 89.7 Å². The second kappa shape index (κ2) is 15.6. The van der Waals surface area contributed by atoms with Gasteiger partial charge in [-0.2, -0.15) is 5.10 Å². The summed E-state index contributed by atoms with van der Waals surface area (Å²) >= 11 is 0. The van der Waals surface area contributed by atoms with Gasteiger partial charge in [-0.3, -0.25) is 5.01 Å². The van der Waals surface area contributed by atoms with Crippen molar-refractivity contribution in [2.24, 2.45) is 16.9 Å². The van der Waals surface area contributed by atoms with Crippen molar-refractivity contribution in [3.05, 3.63) is 84.6 Å². The summed E-state index contributed by atoms with van der Waals surface area (Å²) < 4.78 is 0. The normalized spacial score (nSPS) is 29.5. The monoisotopic (exact) mass is 472 g/mol. The smallest absolute Gasteiger partial charge is 0.0730 e. The van der Waals surface area contributed by atoms with E-state index in [2.05, 4.69) is 105 Å². The molecule has 0 saturated heterocycles. The van der Waals surface area contributed by atoms with Crippen LogP contribution in [0, 0.1) is 11.8 Å². The number of nitrogens with zero attached hydrogens (tertiary/aromatic N) is 2. The molecule has 0 N–H and O–H groups in total. The summed E-state index contributed by atoms with van der Waals surface area (Å²) in [7, 11) is 0. The maximum Gasteiger partial charge on any atom is 0.0730 e. The lowest BCUT2D eigenvalue weighted by Gasteiger charge is -2.37. The summed E-state index contributed by atoms with van der Waals surface area (Å²) in [4.78, 5) is 0. The van der Waals surface area contributed by atoms with E-state index < -0.39 is 0 Å². The molecule has 0 spiro atoms. The molecule has 3 rings (SSSR count). The molecule has 1 aliphatic heterocycles. The molecule has 1 heterocycles. The molecule has 2 heteroatoms. The van der Waals surface area contributed by atoms with Crippen LogP contribution in [0.4, 0.5) is 0 Å². The Morgan fingerprint density at radius 2 is 1.43 bits per heavy atom. The van der Waals surface area contributed by atoms with Crippen molar-refractivity contribution < 1.29 is 0 Å². The first kappa shape index (κ1) is 27.2. The quantitative estimate of drug-likeness (QED) is 0.352. The van der Waals surface area contributed by atoms with Gasteiger partial charge in [0.2, 0.25) is 0 Å². The number of hydrazone groups is 1. The topological polar surface area (TPSA) is 15.6 Å². The summed E-state index contributed by atoms with van der Waals surface area (Å²) in [6.45, 7) is 6.89. The predicted molar refractivity (Wildman–Crippen MR) is 155 cm³/mol. The Bertz CT molecular complexity index is 854. The third-order valence-corrected chi connectivity index (χ3v) is 7.61. The van der Waals surface area contributed by atoms with Gasteiger partial charge in [0.25, 0.3) is 0 Å². The fourth-order valence-electron chi connectivity index (χ4n) is 5.90. The Morgan fingerprint density at radius 3 is 2.03 bits per heavy atom. The van der Waals surface area contributed by atoms with E-state index in [0.717, 1.165) is 0 Å². The van der Waals surface area contributed by atoms with E-state index in [1.54, 1.807) is 0 Å². The van der Waals surface area contributed by atoms with Crippen LogP contribution in [0.25, 0.3) is 0 Å². The zero-order valence-electron chi connectivity index (χ0n) is 22.5. The van der Waals surface area contributed by atoms with E-state index in [1.807, 2.05) is 0 Å². The zero-order chi connectivity index (χ0) is 24.7. The molecule has 190 valence electrons. The number of rotatable bonds is 6. The van der Waals surface area contributed by atoms with Crippen molar-refractivity contribution in [3.63, 3.8) is 0 Å². The molecule has 2 aliphatic carbocycles.